The summed E-state index contributed by atoms with van der Waals surface area (Å²) in [6.07, 6.45) is -2.40. The zero-order valence-electron chi connectivity index (χ0n) is 14.7. The lowest BCUT2D eigenvalue weighted by atomic mass is 10.3. The first-order valence-corrected chi connectivity index (χ1v) is 12.2. The highest BCUT2D eigenvalue weighted by Gasteiger charge is 2.19. The molecular weight excluding hydrogens is 500 g/mol. The van der Waals surface area contributed by atoms with Gasteiger partial charge in [0.1, 0.15) is 0 Å². The first-order chi connectivity index (χ1) is 13.4. The number of aromatic amines is 1. The molecule has 0 spiro atoms. The Morgan fingerprint density at radius 3 is 2.38 bits per heavy atom. The molecule has 0 aliphatic rings. The number of hydrogen-bond acceptors (Lipinski definition) is 12. The Labute approximate surface area is 171 Å². The predicted octanol–water partition coefficient (Wildman–Crippen LogP) is -3.31. The smallest absolute Gasteiger partial charge is 0.280 e. The number of nitrogens with one attached hydrogen (secondary N) is 1. The van der Waals surface area contributed by atoms with Gasteiger partial charge in [0, 0.05) is 0 Å². The zero-order valence-corrected chi connectivity index (χ0v) is 18.1. The van der Waals surface area contributed by atoms with E-state index in [-0.39, 0.29) is 35.0 Å². The molecule has 14 nitrogen and oxygen atoms in total. The Morgan fingerprint density at radius 1 is 1.14 bits per heavy atom. The van der Waals surface area contributed by atoms with Crippen LogP contribution in [0.5, 0.6) is 0 Å². The number of halogens is 1. The van der Waals surface area contributed by atoms with Crippen LogP contribution in [-0.4, -0.2) is 57.8 Å². The van der Waals surface area contributed by atoms with Crippen LogP contribution in [0.4, 0.5) is 5.95 Å². The van der Waals surface area contributed by atoms with Gasteiger partial charge in [-0.1, -0.05) is 15.2 Å². The number of rotatable bonds is 11. The molecule has 0 aliphatic carbocycles. The van der Waals surface area contributed by atoms with Crippen LogP contribution in [0.2, 0.25) is 0 Å². The molecule has 0 amide bonds. The number of hydrogen-bond donors (Lipinski definition) is 2. The highest BCUT2D eigenvalue weighted by atomic mass is 79.9. The summed E-state index contributed by atoms with van der Waals surface area (Å²) in [6.45, 7) is -1.16. The van der Waals surface area contributed by atoms with Crippen LogP contribution >= 0.6 is 31.1 Å². The van der Waals surface area contributed by atoms with Crippen molar-refractivity contribution in [3.63, 3.8) is 0 Å². The van der Waals surface area contributed by atoms with Crippen LogP contribution in [0.25, 0.3) is 11.2 Å². The van der Waals surface area contributed by atoms with E-state index in [0.717, 1.165) is 0 Å². The maximum Gasteiger partial charge on any atom is 0.280 e. The third-order valence-electron chi connectivity index (χ3n) is 3.50. The number of nitrogens with two attached hydrogens (primary N) is 1. The molecule has 164 valence electrons. The minimum atomic E-state index is -4.80. The van der Waals surface area contributed by atoms with E-state index in [1.165, 1.54) is 4.57 Å². The SMILES string of the molecule is Nc1nc2c(nc(Br)n2CC(COCCP(=O)([O-])[O-])OCCP(=O)([O-])[O-])c(=O)[nH]1. The Hall–Kier alpha value is -1.15. The van der Waals surface area contributed by atoms with Gasteiger partial charge in [0.25, 0.3) is 5.56 Å². The van der Waals surface area contributed by atoms with Crippen molar-refractivity contribution in [1.82, 2.24) is 19.5 Å². The lowest BCUT2D eigenvalue weighted by Gasteiger charge is -2.30. The highest BCUT2D eigenvalue weighted by molar-refractivity contribution is 9.10. The summed E-state index contributed by atoms with van der Waals surface area (Å²) in [5.74, 6) is -0.162. The van der Waals surface area contributed by atoms with Gasteiger partial charge in [-0.25, -0.2) is 4.98 Å². The quantitative estimate of drug-likeness (QED) is 0.170. The molecular formula is C12H16BrN5O9P2-4. The number of aromatic nitrogens is 4. The highest BCUT2D eigenvalue weighted by Crippen LogP contribution is 2.23. The molecule has 2 aromatic rings. The molecule has 0 fully saturated rings. The normalized spacial score (nSPS) is 13.8. The van der Waals surface area contributed by atoms with E-state index in [4.69, 9.17) is 15.2 Å². The van der Waals surface area contributed by atoms with Gasteiger partial charge in [-0.05, 0) is 28.3 Å². The molecule has 3 N–H and O–H groups in total. The van der Waals surface area contributed by atoms with Crippen LogP contribution in [0.1, 0.15) is 0 Å². The fourth-order valence-corrected chi connectivity index (χ4v) is 3.41. The van der Waals surface area contributed by atoms with Crippen LogP contribution in [-0.2, 0) is 25.1 Å². The second-order valence-corrected chi connectivity index (χ2v) is 9.90. The fraction of sp³-hybridized carbons (Fsp3) is 0.583. The van der Waals surface area contributed by atoms with E-state index >= 15 is 0 Å². The molecule has 0 saturated heterocycles. The van der Waals surface area contributed by atoms with Crippen LogP contribution in [0.3, 0.4) is 0 Å². The zero-order chi connectivity index (χ0) is 21.8. The lowest BCUT2D eigenvalue weighted by molar-refractivity contribution is -0.316. The van der Waals surface area contributed by atoms with E-state index in [9.17, 15) is 33.5 Å². The van der Waals surface area contributed by atoms with Crippen molar-refractivity contribution in [3.05, 3.63) is 15.1 Å². The van der Waals surface area contributed by atoms with Crippen molar-refractivity contribution in [2.24, 2.45) is 0 Å². The van der Waals surface area contributed by atoms with Gasteiger partial charge in [0.05, 0.1) is 32.5 Å². The number of H-pyrrole nitrogens is 1. The van der Waals surface area contributed by atoms with Crippen LogP contribution < -0.4 is 30.9 Å². The minimum absolute atomic E-state index is 0.0204. The molecule has 29 heavy (non-hydrogen) atoms. The average Bonchev–Trinajstić information content (AvgIpc) is 2.86. The van der Waals surface area contributed by atoms with Crippen molar-refractivity contribution in [3.8, 4) is 0 Å². The molecule has 0 radical (unpaired) electrons. The van der Waals surface area contributed by atoms with Gasteiger partial charge in [-0.2, -0.15) is 4.98 Å². The summed E-state index contributed by atoms with van der Waals surface area (Å²) in [5.41, 5.74) is 5.04. The molecule has 17 heteroatoms. The first-order valence-electron chi connectivity index (χ1n) is 7.99. The maximum absolute atomic E-state index is 11.9. The van der Waals surface area contributed by atoms with E-state index in [0.29, 0.717) is 0 Å². The third kappa shape index (κ3) is 7.89. The maximum atomic E-state index is 11.9. The standard InChI is InChI=1S/C12H20BrN5O9P2/c13-11-15-8-9(16-12(14)17-10(8)19)18(11)5-7(27-2-4-29(23,24)25)6-26-1-3-28(20,21)22/h7H,1-6H2,(H2,20,21,22)(H2,23,24,25)(H3,14,16,17,19)/p-4. The van der Waals surface area contributed by atoms with Crippen molar-refractivity contribution in [2.75, 3.05) is 37.9 Å². The van der Waals surface area contributed by atoms with E-state index < -0.39 is 52.4 Å². The summed E-state index contributed by atoms with van der Waals surface area (Å²) in [4.78, 5) is 65.1. The summed E-state index contributed by atoms with van der Waals surface area (Å²) in [7, 11) is -9.54. The molecule has 0 aromatic carbocycles. The monoisotopic (exact) mass is 515 g/mol. The summed E-state index contributed by atoms with van der Waals surface area (Å²) in [5, 5.41) is 0. The molecule has 2 rings (SSSR count). The Kier molecular flexibility index (Phi) is 8.13. The summed E-state index contributed by atoms with van der Waals surface area (Å²) >= 11 is 3.16. The number of fused-ring (bicyclic) bond motifs is 1. The second kappa shape index (κ2) is 9.77. The Morgan fingerprint density at radius 2 is 1.76 bits per heavy atom. The van der Waals surface area contributed by atoms with Gasteiger partial charge in [-0.3, -0.25) is 9.78 Å². The number of anilines is 1. The predicted molar refractivity (Wildman–Crippen MR) is 95.8 cm³/mol. The van der Waals surface area contributed by atoms with Gasteiger partial charge in [-0.15, -0.1) is 0 Å². The van der Waals surface area contributed by atoms with Gasteiger partial charge in [0.15, 0.2) is 15.9 Å². The molecule has 0 aliphatic heterocycles. The number of ether oxygens (including phenoxy) is 2. The average molecular weight is 516 g/mol. The summed E-state index contributed by atoms with van der Waals surface area (Å²) in [6, 6.07) is 0. The number of nitrogens with zero attached hydrogens (tertiary/aromatic N) is 3. The van der Waals surface area contributed by atoms with Crippen molar-refractivity contribution < 1.29 is 38.2 Å². The van der Waals surface area contributed by atoms with E-state index in [1.54, 1.807) is 0 Å². The molecule has 2 heterocycles. The first kappa shape index (κ1) is 24.1. The molecule has 0 saturated carbocycles. The Balaban J connectivity index is 2.16. The summed E-state index contributed by atoms with van der Waals surface area (Å²) < 4.78 is 33.5. The molecule has 2 aromatic heterocycles. The van der Waals surface area contributed by atoms with E-state index in [2.05, 4.69) is 30.9 Å². The molecule has 1 atom stereocenters. The second-order valence-electron chi connectivity index (χ2n) is 5.85. The lowest BCUT2D eigenvalue weighted by Crippen LogP contribution is -2.30. The molecule has 0 bridgehead atoms. The third-order valence-corrected chi connectivity index (χ3v) is 5.56. The van der Waals surface area contributed by atoms with Gasteiger partial charge >= 0.3 is 0 Å². The van der Waals surface area contributed by atoms with Crippen LogP contribution in [0, 0.1) is 0 Å². The van der Waals surface area contributed by atoms with Crippen molar-refractivity contribution in [2.45, 2.75) is 12.6 Å². The number of nitrogen functional groups attached to an aromatic ring is 1. The topological polar surface area (TPSA) is 234 Å². The molecule has 1 unspecified atom stereocenters. The van der Waals surface area contributed by atoms with Crippen molar-refractivity contribution in [1.29, 1.82) is 0 Å². The fourth-order valence-electron chi connectivity index (χ4n) is 2.24. The Bertz CT molecular complexity index is 1000. The van der Waals surface area contributed by atoms with E-state index in [1.807, 2.05) is 0 Å². The number of imidazole rings is 1. The van der Waals surface area contributed by atoms with Gasteiger partial charge in [0.2, 0.25) is 5.95 Å². The van der Waals surface area contributed by atoms with Gasteiger partial charge < -0.3 is 48.5 Å². The van der Waals surface area contributed by atoms with Crippen LogP contribution in [0.15, 0.2) is 9.53 Å². The largest absolute Gasteiger partial charge is 0.811 e. The minimum Gasteiger partial charge on any atom is -0.811 e. The van der Waals surface area contributed by atoms with Crippen molar-refractivity contribution >= 4 is 48.2 Å².